The summed E-state index contributed by atoms with van der Waals surface area (Å²) in [4.78, 5) is 1.89. The average molecular weight is 252 g/mol. The second-order valence-electron chi connectivity index (χ2n) is 5.65. The van der Waals surface area contributed by atoms with Crippen molar-refractivity contribution in [2.24, 2.45) is 5.92 Å². The van der Waals surface area contributed by atoms with Crippen molar-refractivity contribution in [2.75, 3.05) is 19.6 Å². The topological polar surface area (TPSA) is 28.2 Å². The van der Waals surface area contributed by atoms with Crippen LogP contribution in [0.15, 0.2) is 0 Å². The maximum absolute atomic E-state index is 6.25. The van der Waals surface area contributed by atoms with Gasteiger partial charge in [0.15, 0.2) is 0 Å². The Bertz CT molecular complexity index is 181. The SMILES string of the molecule is CCCCCC[NH+]1CCC(CCCC)CC1.[C-]#N. The zero-order valence-electron chi connectivity index (χ0n) is 12.5. The van der Waals surface area contributed by atoms with E-state index < -0.39 is 0 Å². The average Bonchev–Trinajstić information content (AvgIpc) is 2.45. The van der Waals surface area contributed by atoms with Gasteiger partial charge in [-0.2, -0.15) is 0 Å². The van der Waals surface area contributed by atoms with Gasteiger partial charge in [-0.25, -0.2) is 0 Å². The van der Waals surface area contributed by atoms with Gasteiger partial charge < -0.3 is 16.7 Å². The molecule has 1 rings (SSSR count). The molecular formula is C16H32N2. The fraction of sp³-hybridized carbons (Fsp3) is 0.938. The fourth-order valence-electron chi connectivity index (χ4n) is 2.92. The minimum Gasteiger partial charge on any atom is -0.512 e. The van der Waals surface area contributed by atoms with Crippen molar-refractivity contribution >= 4 is 0 Å². The Kier molecular flexibility index (Phi) is 12.5. The van der Waals surface area contributed by atoms with Gasteiger partial charge in [-0.3, -0.25) is 0 Å². The van der Waals surface area contributed by atoms with Crippen LogP contribution < -0.4 is 4.90 Å². The van der Waals surface area contributed by atoms with E-state index in [1.165, 1.54) is 77.4 Å². The minimum absolute atomic E-state index is 1.07. The number of nitrogens with one attached hydrogen (secondary N) is 1. The van der Waals surface area contributed by atoms with Gasteiger partial charge in [0, 0.05) is 0 Å². The molecule has 1 aliphatic heterocycles. The molecule has 1 aliphatic rings. The third-order valence-electron chi connectivity index (χ3n) is 4.16. The maximum Gasteiger partial charge on any atom is 0.0773 e. The highest BCUT2D eigenvalue weighted by Gasteiger charge is 2.20. The number of nitrogens with zero attached hydrogens (tertiary/aromatic N) is 1. The van der Waals surface area contributed by atoms with Crippen molar-refractivity contribution in [2.45, 2.75) is 71.6 Å². The molecule has 0 unspecified atom stereocenters. The van der Waals surface area contributed by atoms with Crippen molar-refractivity contribution in [1.82, 2.24) is 0 Å². The minimum atomic E-state index is 1.07. The number of hydrogen-bond acceptors (Lipinski definition) is 1. The van der Waals surface area contributed by atoms with E-state index in [0.717, 1.165) is 5.92 Å². The molecule has 18 heavy (non-hydrogen) atoms. The lowest BCUT2D eigenvalue weighted by Crippen LogP contribution is -3.13. The molecule has 2 nitrogen and oxygen atoms in total. The van der Waals surface area contributed by atoms with Gasteiger partial charge in [-0.1, -0.05) is 46.0 Å². The van der Waals surface area contributed by atoms with E-state index in [0.29, 0.717) is 0 Å². The molecule has 106 valence electrons. The molecule has 0 saturated carbocycles. The zero-order chi connectivity index (χ0) is 13.6. The van der Waals surface area contributed by atoms with E-state index in [-0.39, 0.29) is 0 Å². The molecule has 2 heteroatoms. The highest BCUT2D eigenvalue weighted by molar-refractivity contribution is 4.62. The van der Waals surface area contributed by atoms with Crippen LogP contribution in [0, 0.1) is 17.8 Å². The van der Waals surface area contributed by atoms with Crippen LogP contribution >= 0.6 is 0 Å². The zero-order valence-corrected chi connectivity index (χ0v) is 12.5. The summed E-state index contributed by atoms with van der Waals surface area (Å²) in [7, 11) is 0. The molecule has 0 aromatic carbocycles. The predicted molar refractivity (Wildman–Crippen MR) is 76.9 cm³/mol. The summed E-state index contributed by atoms with van der Waals surface area (Å²) in [6, 6.07) is 0. The Morgan fingerprint density at radius 3 is 2.11 bits per heavy atom. The van der Waals surface area contributed by atoms with Crippen LogP contribution in [0.2, 0.25) is 0 Å². The quantitative estimate of drug-likeness (QED) is 0.522. The lowest BCUT2D eigenvalue weighted by molar-refractivity contribution is -0.906. The van der Waals surface area contributed by atoms with Crippen molar-refractivity contribution in [3.63, 3.8) is 0 Å². The van der Waals surface area contributed by atoms with Gasteiger partial charge in [0.25, 0.3) is 0 Å². The van der Waals surface area contributed by atoms with Crippen LogP contribution in [0.25, 0.3) is 0 Å². The molecule has 1 N–H and O–H groups in total. The standard InChI is InChI=1S/C15H31N.CN/c1-3-5-7-8-12-16-13-10-15(11-14-16)9-6-4-2;1-2/h15H,3-14H2,1-2H3;/q;-1/p+1. The third kappa shape index (κ3) is 8.53. The van der Waals surface area contributed by atoms with Gasteiger partial charge in [0.05, 0.1) is 19.6 Å². The Morgan fingerprint density at radius 2 is 1.56 bits per heavy atom. The van der Waals surface area contributed by atoms with Gasteiger partial charge in [-0.05, 0) is 31.6 Å². The second kappa shape index (κ2) is 12.9. The van der Waals surface area contributed by atoms with Crippen molar-refractivity contribution < 1.29 is 4.90 Å². The number of quaternary nitrogens is 1. The Balaban J connectivity index is 0.00000137. The number of likely N-dealkylation sites (tertiary alicyclic amines) is 1. The summed E-state index contributed by atoms with van der Waals surface area (Å²) in [5.74, 6) is 1.07. The molecule has 1 saturated heterocycles. The number of hydrogen-bond donors (Lipinski definition) is 1. The van der Waals surface area contributed by atoms with Crippen molar-refractivity contribution in [1.29, 1.82) is 5.26 Å². The largest absolute Gasteiger partial charge is 0.512 e. The smallest absolute Gasteiger partial charge is 0.0773 e. The summed E-state index contributed by atoms with van der Waals surface area (Å²) in [5.41, 5.74) is 0. The van der Waals surface area contributed by atoms with E-state index in [4.69, 9.17) is 11.8 Å². The summed E-state index contributed by atoms with van der Waals surface area (Å²) in [5, 5.41) is 6.25. The molecule has 0 bridgehead atoms. The predicted octanol–water partition coefficient (Wildman–Crippen LogP) is 3.15. The molecule has 1 fully saturated rings. The fourth-order valence-corrected chi connectivity index (χ4v) is 2.92. The van der Waals surface area contributed by atoms with E-state index in [1.807, 2.05) is 4.90 Å². The summed E-state index contributed by atoms with van der Waals surface area (Å²) in [6.45, 7) is 13.7. The first kappa shape index (κ1) is 17.4. The van der Waals surface area contributed by atoms with Crippen LogP contribution in [0.1, 0.15) is 71.6 Å². The van der Waals surface area contributed by atoms with Crippen LogP contribution in [0.5, 0.6) is 0 Å². The van der Waals surface area contributed by atoms with Gasteiger partial charge in [0.1, 0.15) is 0 Å². The molecule has 0 amide bonds. The lowest BCUT2D eigenvalue weighted by atomic mass is 9.91. The summed E-state index contributed by atoms with van der Waals surface area (Å²) in [6.07, 6.45) is 13.1. The van der Waals surface area contributed by atoms with Crippen molar-refractivity contribution in [3.05, 3.63) is 6.57 Å². The molecule has 0 radical (unpaired) electrons. The Labute approximate surface area is 114 Å². The van der Waals surface area contributed by atoms with Crippen molar-refractivity contribution in [3.8, 4) is 0 Å². The first-order chi connectivity index (χ1) is 8.86. The van der Waals surface area contributed by atoms with E-state index in [2.05, 4.69) is 13.8 Å². The number of unbranched alkanes of at least 4 members (excludes halogenated alkanes) is 4. The second-order valence-corrected chi connectivity index (χ2v) is 5.65. The Morgan fingerprint density at radius 1 is 0.944 bits per heavy atom. The number of piperidine rings is 1. The maximum atomic E-state index is 6.25. The highest BCUT2D eigenvalue weighted by atomic mass is 15.1. The van der Waals surface area contributed by atoms with Gasteiger partial charge in [0.2, 0.25) is 0 Å². The van der Waals surface area contributed by atoms with E-state index in [1.54, 1.807) is 0 Å². The van der Waals surface area contributed by atoms with Gasteiger partial charge in [-0.15, -0.1) is 0 Å². The van der Waals surface area contributed by atoms with Crippen LogP contribution in [0.4, 0.5) is 0 Å². The van der Waals surface area contributed by atoms with E-state index >= 15 is 0 Å². The normalized spacial score (nSPS) is 23.1. The molecular weight excluding hydrogens is 220 g/mol. The summed E-state index contributed by atoms with van der Waals surface area (Å²) >= 11 is 0. The summed E-state index contributed by atoms with van der Waals surface area (Å²) < 4.78 is 0. The first-order valence-electron chi connectivity index (χ1n) is 7.92. The highest BCUT2D eigenvalue weighted by Crippen LogP contribution is 2.17. The van der Waals surface area contributed by atoms with Gasteiger partial charge >= 0.3 is 0 Å². The first-order valence-corrected chi connectivity index (χ1v) is 7.92. The molecule has 0 aromatic heterocycles. The molecule has 1 heterocycles. The molecule has 0 aliphatic carbocycles. The molecule has 0 atom stereocenters. The van der Waals surface area contributed by atoms with Crippen LogP contribution in [-0.4, -0.2) is 19.6 Å². The third-order valence-corrected chi connectivity index (χ3v) is 4.16. The van der Waals surface area contributed by atoms with E-state index in [9.17, 15) is 0 Å². The monoisotopic (exact) mass is 252 g/mol. The Hall–Kier alpha value is -0.550. The van der Waals surface area contributed by atoms with Crippen LogP contribution in [0.3, 0.4) is 0 Å². The molecule has 0 spiro atoms. The number of rotatable bonds is 8. The molecule has 0 aromatic rings. The lowest BCUT2D eigenvalue weighted by Gasteiger charge is -2.29. The van der Waals surface area contributed by atoms with Crippen LogP contribution in [-0.2, 0) is 0 Å².